The lowest BCUT2D eigenvalue weighted by Crippen LogP contribution is -2.16. The Hall–Kier alpha value is -1.43. The van der Waals surface area contributed by atoms with E-state index < -0.39 is 11.7 Å². The van der Waals surface area contributed by atoms with Gasteiger partial charge in [-0.25, -0.2) is 0 Å². The topological polar surface area (TPSA) is 34.1 Å². The van der Waals surface area contributed by atoms with Crippen LogP contribution in [-0.2, 0) is 15.8 Å². The van der Waals surface area contributed by atoms with Gasteiger partial charge in [0.05, 0.1) is 11.1 Å². The molecule has 2 nitrogen and oxygen atoms in total. The lowest BCUT2D eigenvalue weighted by molar-refractivity contribution is -0.137. The van der Waals surface area contributed by atoms with Gasteiger partial charge in [0.2, 0.25) is 0 Å². The largest absolute Gasteiger partial charge is 0.416 e. The number of halogens is 4. The van der Waals surface area contributed by atoms with Crippen LogP contribution in [0.3, 0.4) is 0 Å². The van der Waals surface area contributed by atoms with Crippen molar-refractivity contribution >= 4 is 33.6 Å². The number of hydrogen-bond donors (Lipinski definition) is 0. The molecule has 0 heterocycles. The number of Topliss-reactive ketones (excluding diaryl/α,β-unsaturated/α-hetero) is 2. The van der Waals surface area contributed by atoms with Crippen molar-refractivity contribution in [2.45, 2.75) is 31.9 Å². The van der Waals surface area contributed by atoms with Gasteiger partial charge in [-0.2, -0.15) is 13.2 Å². The molecule has 2 fully saturated rings. The lowest BCUT2D eigenvalue weighted by atomic mass is 9.97. The van der Waals surface area contributed by atoms with Gasteiger partial charge in [0.1, 0.15) is 0 Å². The smallest absolute Gasteiger partial charge is 0.294 e. The Morgan fingerprint density at radius 2 is 1.57 bits per heavy atom. The molecule has 1 aromatic carbocycles. The molecule has 0 bridgehead atoms. The molecular formula is C17H14BrF3O2. The lowest BCUT2D eigenvalue weighted by Gasteiger charge is -2.10. The molecule has 0 spiro atoms. The number of allylic oxidation sites excluding steroid dienone is 1. The molecule has 2 saturated carbocycles. The fraction of sp³-hybridized carbons (Fsp3) is 0.412. The van der Waals surface area contributed by atoms with E-state index in [2.05, 4.69) is 15.9 Å². The first-order valence-electron chi connectivity index (χ1n) is 7.44. The highest BCUT2D eigenvalue weighted by Crippen LogP contribution is 2.39. The van der Waals surface area contributed by atoms with E-state index in [9.17, 15) is 22.8 Å². The number of ketones is 2. The van der Waals surface area contributed by atoms with E-state index in [1.54, 1.807) is 0 Å². The van der Waals surface area contributed by atoms with Crippen molar-refractivity contribution in [1.29, 1.82) is 0 Å². The summed E-state index contributed by atoms with van der Waals surface area (Å²) in [5.74, 6) is -0.750. The predicted molar refractivity (Wildman–Crippen MR) is 82.6 cm³/mol. The first-order chi connectivity index (χ1) is 10.8. The van der Waals surface area contributed by atoms with Gasteiger partial charge in [-0.15, -0.1) is 0 Å². The summed E-state index contributed by atoms with van der Waals surface area (Å²) in [5, 5.41) is 0. The van der Waals surface area contributed by atoms with Crippen molar-refractivity contribution in [3.63, 3.8) is 0 Å². The third-order valence-electron chi connectivity index (χ3n) is 4.05. The summed E-state index contributed by atoms with van der Waals surface area (Å²) in [7, 11) is 0. The second-order valence-corrected chi connectivity index (χ2v) is 6.92. The highest BCUT2D eigenvalue weighted by molar-refractivity contribution is 9.10. The number of carbonyl (C=O) groups is 2. The zero-order chi connectivity index (χ0) is 16.8. The summed E-state index contributed by atoms with van der Waals surface area (Å²) in [6.45, 7) is 0. The molecule has 122 valence electrons. The van der Waals surface area contributed by atoms with Crippen molar-refractivity contribution in [3.8, 4) is 0 Å². The number of rotatable bonds is 5. The van der Waals surface area contributed by atoms with E-state index in [4.69, 9.17) is 0 Å². The molecule has 0 amide bonds. The van der Waals surface area contributed by atoms with Crippen LogP contribution in [0.4, 0.5) is 13.2 Å². The van der Waals surface area contributed by atoms with Gasteiger partial charge in [-0.1, -0.05) is 15.9 Å². The maximum absolute atomic E-state index is 12.9. The van der Waals surface area contributed by atoms with Crippen LogP contribution in [0.15, 0.2) is 28.2 Å². The Balaban J connectivity index is 2.01. The molecule has 0 atom stereocenters. The Morgan fingerprint density at radius 1 is 1.04 bits per heavy atom. The predicted octanol–water partition coefficient (Wildman–Crippen LogP) is 4.81. The third kappa shape index (κ3) is 3.74. The van der Waals surface area contributed by atoms with Crippen LogP contribution in [-0.4, -0.2) is 11.6 Å². The number of benzene rings is 1. The van der Waals surface area contributed by atoms with Crippen LogP contribution in [0.25, 0.3) is 6.08 Å². The Bertz CT molecular complexity index is 672. The standard InChI is InChI=1S/C17H14BrF3O2/c18-14-6-5-12(17(19,20)21)7-11(14)8-13(15(22)9-1-2-9)16(23)10-3-4-10/h5-10H,1-4H2. The average Bonchev–Trinajstić information content (AvgIpc) is 3.37. The van der Waals surface area contributed by atoms with E-state index in [-0.39, 0.29) is 34.5 Å². The molecule has 0 saturated heterocycles. The molecule has 2 aliphatic carbocycles. The van der Waals surface area contributed by atoms with Gasteiger partial charge >= 0.3 is 6.18 Å². The summed E-state index contributed by atoms with van der Waals surface area (Å²) in [6, 6.07) is 3.21. The summed E-state index contributed by atoms with van der Waals surface area (Å²) >= 11 is 3.19. The van der Waals surface area contributed by atoms with Crippen molar-refractivity contribution in [2.75, 3.05) is 0 Å². The molecule has 23 heavy (non-hydrogen) atoms. The van der Waals surface area contributed by atoms with Gasteiger partial charge in [-0.05, 0) is 55.5 Å². The molecule has 1 aromatic rings. The molecule has 2 aliphatic rings. The maximum atomic E-state index is 12.9. The van der Waals surface area contributed by atoms with Crippen molar-refractivity contribution in [3.05, 3.63) is 39.4 Å². The van der Waals surface area contributed by atoms with E-state index in [1.807, 2.05) is 0 Å². The van der Waals surface area contributed by atoms with Crippen molar-refractivity contribution < 1.29 is 22.8 Å². The van der Waals surface area contributed by atoms with Gasteiger partial charge in [-0.3, -0.25) is 9.59 Å². The van der Waals surface area contributed by atoms with Crippen LogP contribution in [0.1, 0.15) is 36.8 Å². The minimum atomic E-state index is -4.47. The number of carbonyl (C=O) groups excluding carboxylic acids is 2. The Labute approximate surface area is 139 Å². The van der Waals surface area contributed by atoms with Gasteiger partial charge in [0, 0.05) is 16.3 Å². The van der Waals surface area contributed by atoms with E-state index in [0.717, 1.165) is 37.8 Å². The molecule has 0 aromatic heterocycles. The first-order valence-corrected chi connectivity index (χ1v) is 8.23. The highest BCUT2D eigenvalue weighted by atomic mass is 79.9. The molecule has 3 rings (SSSR count). The van der Waals surface area contributed by atoms with Crippen molar-refractivity contribution in [2.24, 2.45) is 11.8 Å². The molecule has 0 radical (unpaired) electrons. The van der Waals surface area contributed by atoms with Crippen LogP contribution in [0.5, 0.6) is 0 Å². The maximum Gasteiger partial charge on any atom is 0.416 e. The Morgan fingerprint density at radius 3 is 2.00 bits per heavy atom. The molecule has 0 unspecified atom stereocenters. The van der Waals surface area contributed by atoms with E-state index >= 15 is 0 Å². The zero-order valence-corrected chi connectivity index (χ0v) is 13.7. The van der Waals surface area contributed by atoms with Gasteiger partial charge < -0.3 is 0 Å². The monoisotopic (exact) mass is 386 g/mol. The average molecular weight is 387 g/mol. The molecule has 0 aliphatic heterocycles. The number of hydrogen-bond acceptors (Lipinski definition) is 2. The summed E-state index contributed by atoms with van der Waals surface area (Å²) < 4.78 is 39.0. The van der Waals surface area contributed by atoms with Gasteiger partial charge in [0.25, 0.3) is 0 Å². The fourth-order valence-corrected chi connectivity index (χ4v) is 2.74. The quantitative estimate of drug-likeness (QED) is 0.413. The van der Waals surface area contributed by atoms with Crippen LogP contribution >= 0.6 is 15.9 Å². The third-order valence-corrected chi connectivity index (χ3v) is 4.77. The normalized spacial score (nSPS) is 17.7. The molecular weight excluding hydrogens is 373 g/mol. The minimum Gasteiger partial charge on any atom is -0.294 e. The second-order valence-electron chi connectivity index (χ2n) is 6.07. The minimum absolute atomic E-state index is 0.0509. The SMILES string of the molecule is O=C(C(=Cc1cc(C(F)(F)F)ccc1Br)C(=O)C1CC1)C1CC1. The van der Waals surface area contributed by atoms with E-state index in [1.165, 1.54) is 12.1 Å². The highest BCUT2D eigenvalue weighted by Gasteiger charge is 2.39. The zero-order valence-electron chi connectivity index (χ0n) is 12.1. The van der Waals surface area contributed by atoms with Crippen LogP contribution in [0.2, 0.25) is 0 Å². The first kappa shape index (κ1) is 16.4. The fourth-order valence-electron chi connectivity index (χ4n) is 2.38. The van der Waals surface area contributed by atoms with Gasteiger partial charge in [0.15, 0.2) is 11.6 Å². The second kappa shape index (κ2) is 5.89. The van der Waals surface area contributed by atoms with E-state index in [0.29, 0.717) is 4.47 Å². The molecule has 0 N–H and O–H groups in total. The van der Waals surface area contributed by atoms with Crippen molar-refractivity contribution in [1.82, 2.24) is 0 Å². The summed E-state index contributed by atoms with van der Waals surface area (Å²) in [5.41, 5.74) is -0.545. The summed E-state index contributed by atoms with van der Waals surface area (Å²) in [6.07, 6.45) is -0.156. The van der Waals surface area contributed by atoms with Crippen LogP contribution < -0.4 is 0 Å². The Kier molecular flexibility index (Phi) is 4.21. The molecule has 6 heteroatoms. The summed E-state index contributed by atoms with van der Waals surface area (Å²) in [4.78, 5) is 24.7. The number of alkyl halides is 3. The van der Waals surface area contributed by atoms with Crippen LogP contribution in [0, 0.1) is 11.8 Å².